The first-order chi connectivity index (χ1) is 11.7. The molecule has 0 aliphatic carbocycles. The van der Waals surface area contributed by atoms with Crippen molar-refractivity contribution in [3.05, 3.63) is 48.0 Å². The molecule has 2 heterocycles. The van der Waals surface area contributed by atoms with Gasteiger partial charge in [0.1, 0.15) is 11.8 Å². The van der Waals surface area contributed by atoms with E-state index in [2.05, 4.69) is 20.3 Å². The van der Waals surface area contributed by atoms with Crippen LogP contribution >= 0.6 is 0 Å². The van der Waals surface area contributed by atoms with Gasteiger partial charge in [-0.1, -0.05) is 24.3 Å². The largest absolute Gasteiger partial charge is 0.397 e. The molecular weight excluding hydrogens is 331 g/mol. The highest BCUT2D eigenvalue weighted by Crippen LogP contribution is 2.40. The molecule has 0 saturated carbocycles. The van der Waals surface area contributed by atoms with Crippen molar-refractivity contribution in [2.75, 3.05) is 5.32 Å². The molecule has 132 valence electrons. The molecule has 3 aromatic rings. The molecule has 0 amide bonds. The Bertz CT molecular complexity index is 881. The third-order valence-corrected chi connectivity index (χ3v) is 4.34. The van der Waals surface area contributed by atoms with Gasteiger partial charge in [0.25, 0.3) is 0 Å². The predicted molar refractivity (Wildman–Crippen MR) is 89.2 cm³/mol. The smallest absolute Gasteiger partial charge is 0.364 e. The van der Waals surface area contributed by atoms with Gasteiger partial charge < -0.3 is 9.88 Å². The Hall–Kier alpha value is -2.64. The maximum Gasteiger partial charge on any atom is 0.397 e. The van der Waals surface area contributed by atoms with Gasteiger partial charge in [-0.05, 0) is 25.0 Å². The lowest BCUT2D eigenvalue weighted by molar-refractivity contribution is -0.180. The molecular formula is C17H18F3N5. The number of aryl methyl sites for hydroxylation is 1. The molecule has 0 aliphatic heterocycles. The Balaban J connectivity index is 1.76. The molecule has 0 unspecified atom stereocenters. The molecule has 3 rings (SSSR count). The fourth-order valence-electron chi connectivity index (χ4n) is 2.46. The maximum absolute atomic E-state index is 13.1. The number of halogens is 3. The van der Waals surface area contributed by atoms with Crippen LogP contribution in [-0.4, -0.2) is 25.7 Å². The zero-order chi connectivity index (χ0) is 18.2. The highest BCUT2D eigenvalue weighted by Gasteiger charge is 2.48. The van der Waals surface area contributed by atoms with Crippen LogP contribution in [0.5, 0.6) is 0 Å². The molecule has 0 spiro atoms. The first kappa shape index (κ1) is 17.2. The van der Waals surface area contributed by atoms with Crippen LogP contribution in [0, 0.1) is 0 Å². The van der Waals surface area contributed by atoms with E-state index in [0.29, 0.717) is 23.5 Å². The molecule has 2 aromatic heterocycles. The van der Waals surface area contributed by atoms with Gasteiger partial charge in [-0.2, -0.15) is 13.2 Å². The summed E-state index contributed by atoms with van der Waals surface area (Å²) in [5, 5.41) is 3.16. The fraction of sp³-hybridized carbons (Fsp3) is 0.353. The Morgan fingerprint density at radius 3 is 2.36 bits per heavy atom. The van der Waals surface area contributed by atoms with E-state index in [1.54, 1.807) is 23.0 Å². The molecule has 8 heteroatoms. The lowest BCUT2D eigenvalue weighted by Crippen LogP contribution is -2.36. The number of aromatic nitrogens is 4. The van der Waals surface area contributed by atoms with Gasteiger partial charge in [-0.15, -0.1) is 0 Å². The molecule has 5 nitrogen and oxygen atoms in total. The molecule has 0 saturated heterocycles. The summed E-state index contributed by atoms with van der Waals surface area (Å²) < 4.78 is 41.1. The summed E-state index contributed by atoms with van der Waals surface area (Å²) in [4.78, 5) is 12.6. The van der Waals surface area contributed by atoms with Crippen molar-refractivity contribution in [3.63, 3.8) is 0 Å². The lowest BCUT2D eigenvalue weighted by Gasteiger charge is -2.28. The fourth-order valence-corrected chi connectivity index (χ4v) is 2.46. The standard InChI is InChI=1S/C17H18F3N5/c1-16(2,17(18,19)20)12-6-4-11(5-7-12)8-21-14-13-15(23-9-22-14)25(3)10-24-13/h4-7,9-10H,8H2,1-3H3,(H,21,22,23). The van der Waals surface area contributed by atoms with Crippen LogP contribution < -0.4 is 5.32 Å². The number of anilines is 1. The number of hydrogen-bond acceptors (Lipinski definition) is 4. The number of hydrogen-bond donors (Lipinski definition) is 1. The van der Waals surface area contributed by atoms with Crippen LogP contribution in [0.15, 0.2) is 36.9 Å². The monoisotopic (exact) mass is 349 g/mol. The van der Waals surface area contributed by atoms with Crippen LogP contribution in [0.4, 0.5) is 19.0 Å². The minimum Gasteiger partial charge on any atom is -0.364 e. The Morgan fingerprint density at radius 2 is 1.72 bits per heavy atom. The van der Waals surface area contributed by atoms with E-state index in [1.165, 1.54) is 32.3 Å². The van der Waals surface area contributed by atoms with Crippen molar-refractivity contribution in [1.29, 1.82) is 0 Å². The summed E-state index contributed by atoms with van der Waals surface area (Å²) in [5.41, 5.74) is 0.563. The van der Waals surface area contributed by atoms with Crippen molar-refractivity contribution < 1.29 is 13.2 Å². The number of nitrogens with one attached hydrogen (secondary N) is 1. The van der Waals surface area contributed by atoms with E-state index < -0.39 is 11.6 Å². The number of rotatable bonds is 4. The summed E-state index contributed by atoms with van der Waals surface area (Å²) in [7, 11) is 1.84. The highest BCUT2D eigenvalue weighted by atomic mass is 19.4. The maximum atomic E-state index is 13.1. The first-order valence-electron chi connectivity index (χ1n) is 7.72. The van der Waals surface area contributed by atoms with Gasteiger partial charge in [-0.25, -0.2) is 15.0 Å². The van der Waals surface area contributed by atoms with E-state index in [-0.39, 0.29) is 5.56 Å². The second-order valence-electron chi connectivity index (χ2n) is 6.42. The lowest BCUT2D eigenvalue weighted by atomic mass is 9.83. The SMILES string of the molecule is Cn1cnc2c(NCc3ccc(C(C)(C)C(F)(F)F)cc3)ncnc21. The van der Waals surface area contributed by atoms with Crippen molar-refractivity contribution in [2.45, 2.75) is 32.0 Å². The zero-order valence-corrected chi connectivity index (χ0v) is 14.1. The van der Waals surface area contributed by atoms with E-state index in [4.69, 9.17) is 0 Å². The van der Waals surface area contributed by atoms with Crippen molar-refractivity contribution in [3.8, 4) is 0 Å². The van der Waals surface area contributed by atoms with Gasteiger partial charge in [0.2, 0.25) is 0 Å². The van der Waals surface area contributed by atoms with E-state index in [9.17, 15) is 13.2 Å². The minimum atomic E-state index is -4.29. The van der Waals surface area contributed by atoms with Gasteiger partial charge in [0, 0.05) is 13.6 Å². The number of nitrogens with zero attached hydrogens (tertiary/aromatic N) is 4. The average molecular weight is 349 g/mol. The third kappa shape index (κ3) is 3.16. The summed E-state index contributed by atoms with van der Waals surface area (Å²) in [6, 6.07) is 6.40. The third-order valence-electron chi connectivity index (χ3n) is 4.34. The Labute approximate surface area is 142 Å². The van der Waals surface area contributed by atoms with E-state index >= 15 is 0 Å². The van der Waals surface area contributed by atoms with E-state index in [0.717, 1.165) is 5.56 Å². The van der Waals surface area contributed by atoms with Crippen molar-refractivity contribution in [1.82, 2.24) is 19.5 Å². The normalized spacial score (nSPS) is 12.6. The van der Waals surface area contributed by atoms with Gasteiger partial charge in [0.05, 0.1) is 11.7 Å². The van der Waals surface area contributed by atoms with Crippen LogP contribution in [-0.2, 0) is 19.0 Å². The van der Waals surface area contributed by atoms with Gasteiger partial charge in [-0.3, -0.25) is 0 Å². The second kappa shape index (κ2) is 6.02. The van der Waals surface area contributed by atoms with Gasteiger partial charge in [0.15, 0.2) is 11.5 Å². The van der Waals surface area contributed by atoms with E-state index in [1.807, 2.05) is 7.05 Å². The molecule has 0 radical (unpaired) electrons. The van der Waals surface area contributed by atoms with Gasteiger partial charge >= 0.3 is 6.18 Å². The summed E-state index contributed by atoms with van der Waals surface area (Å²) in [6.07, 6.45) is -1.20. The summed E-state index contributed by atoms with van der Waals surface area (Å²) in [5.74, 6) is 0.588. The molecule has 0 fully saturated rings. The molecule has 1 N–H and O–H groups in total. The molecule has 0 aliphatic rings. The van der Waals surface area contributed by atoms with Crippen LogP contribution in [0.25, 0.3) is 11.2 Å². The summed E-state index contributed by atoms with van der Waals surface area (Å²) in [6.45, 7) is 2.79. The molecule has 0 atom stereocenters. The second-order valence-corrected chi connectivity index (χ2v) is 6.42. The van der Waals surface area contributed by atoms with Crippen LogP contribution in [0.3, 0.4) is 0 Å². The molecule has 1 aromatic carbocycles. The number of fused-ring (bicyclic) bond motifs is 1. The average Bonchev–Trinajstić information content (AvgIpc) is 2.94. The first-order valence-corrected chi connectivity index (χ1v) is 7.72. The Morgan fingerprint density at radius 1 is 1.04 bits per heavy atom. The molecule has 25 heavy (non-hydrogen) atoms. The topological polar surface area (TPSA) is 55.6 Å². The summed E-state index contributed by atoms with van der Waals surface area (Å²) >= 11 is 0. The van der Waals surface area contributed by atoms with Crippen LogP contribution in [0.1, 0.15) is 25.0 Å². The number of benzene rings is 1. The van der Waals surface area contributed by atoms with Crippen molar-refractivity contribution in [2.24, 2.45) is 7.05 Å². The Kier molecular flexibility index (Phi) is 4.14. The quantitative estimate of drug-likeness (QED) is 0.778. The predicted octanol–water partition coefficient (Wildman–Crippen LogP) is 3.82. The van der Waals surface area contributed by atoms with Crippen LogP contribution in [0.2, 0.25) is 0 Å². The number of imidazole rings is 1. The van der Waals surface area contributed by atoms with Crippen molar-refractivity contribution >= 4 is 17.0 Å². The highest BCUT2D eigenvalue weighted by molar-refractivity contribution is 5.82. The number of alkyl halides is 3. The minimum absolute atomic E-state index is 0.234. The molecule has 0 bridgehead atoms. The zero-order valence-electron chi connectivity index (χ0n) is 14.1.